The van der Waals surface area contributed by atoms with Gasteiger partial charge in [-0.2, -0.15) is 0 Å². The van der Waals surface area contributed by atoms with Crippen molar-refractivity contribution in [3.05, 3.63) is 85.1 Å². The minimum Gasteiger partial charge on any atom is -0.756 e. The molecule has 9 nitrogen and oxygen atoms in total. The number of quaternary nitrogens is 1. The van der Waals surface area contributed by atoms with E-state index in [-0.39, 0.29) is 26.1 Å². The Labute approximate surface area is 392 Å². The van der Waals surface area contributed by atoms with Crippen molar-refractivity contribution in [1.29, 1.82) is 0 Å². The second-order valence-electron chi connectivity index (χ2n) is 17.8. The van der Waals surface area contributed by atoms with Gasteiger partial charge in [0.05, 0.1) is 27.7 Å². The predicted octanol–water partition coefficient (Wildman–Crippen LogP) is 14.5. The Hall–Kier alpha value is -2.81. The zero-order valence-electron chi connectivity index (χ0n) is 41.4. The van der Waals surface area contributed by atoms with E-state index in [4.69, 9.17) is 18.5 Å². The Bertz CT molecular complexity index is 1360. The first kappa shape index (κ1) is 61.2. The molecule has 64 heavy (non-hydrogen) atoms. The van der Waals surface area contributed by atoms with Crippen molar-refractivity contribution in [3.8, 4) is 0 Å². The summed E-state index contributed by atoms with van der Waals surface area (Å²) in [4.78, 5) is 37.7. The SMILES string of the molecule is CC/C=C\C/C=C\C/C=C\C/C=C\C/C=C\C/C=C\CCC(=O)OC[C@H](COP(=O)([O-])OCC[N+](C)(C)C)OC(=O)CCCCCCCCCCCCC/C=C\CCCCCCCC. The molecular formula is C54H94NO8P. The van der Waals surface area contributed by atoms with E-state index in [1.165, 1.54) is 96.3 Å². The van der Waals surface area contributed by atoms with E-state index in [9.17, 15) is 19.0 Å². The van der Waals surface area contributed by atoms with Crippen molar-refractivity contribution >= 4 is 19.8 Å². The third kappa shape index (κ3) is 48.6. The fourth-order valence-electron chi connectivity index (χ4n) is 6.50. The molecule has 0 N–H and O–H groups in total. The Morgan fingerprint density at radius 3 is 1.39 bits per heavy atom. The summed E-state index contributed by atoms with van der Waals surface area (Å²) in [6.45, 7) is 4.03. The number of carbonyl (C=O) groups excluding carboxylic acids is 2. The van der Waals surface area contributed by atoms with E-state index in [1.54, 1.807) is 0 Å². The number of allylic oxidation sites excluding steroid dienone is 14. The normalized spacial score (nSPS) is 14.2. The highest BCUT2D eigenvalue weighted by atomic mass is 31.2. The van der Waals surface area contributed by atoms with Gasteiger partial charge in [-0.05, 0) is 77.0 Å². The van der Waals surface area contributed by atoms with Gasteiger partial charge >= 0.3 is 11.9 Å². The number of phosphoric ester groups is 1. The Kier molecular flexibility index (Phi) is 43.4. The van der Waals surface area contributed by atoms with Crippen molar-refractivity contribution in [2.24, 2.45) is 0 Å². The number of phosphoric acid groups is 1. The summed E-state index contributed by atoms with van der Waals surface area (Å²) in [7, 11) is 1.12. The summed E-state index contributed by atoms with van der Waals surface area (Å²) in [5, 5.41) is 0. The van der Waals surface area contributed by atoms with Crippen LogP contribution in [0.1, 0.15) is 194 Å². The summed E-state index contributed by atoms with van der Waals surface area (Å²) in [6, 6.07) is 0. The topological polar surface area (TPSA) is 111 Å². The van der Waals surface area contributed by atoms with Gasteiger partial charge in [0, 0.05) is 12.8 Å². The minimum absolute atomic E-state index is 0.0458. The highest BCUT2D eigenvalue weighted by Gasteiger charge is 2.21. The van der Waals surface area contributed by atoms with Crippen molar-refractivity contribution < 1.29 is 42.1 Å². The van der Waals surface area contributed by atoms with Crippen LogP contribution in [0.2, 0.25) is 0 Å². The maximum atomic E-state index is 12.7. The van der Waals surface area contributed by atoms with Gasteiger partial charge < -0.3 is 27.9 Å². The molecule has 0 spiro atoms. The van der Waals surface area contributed by atoms with Crippen LogP contribution in [0, 0.1) is 0 Å². The van der Waals surface area contributed by atoms with Crippen LogP contribution in [0.4, 0.5) is 0 Å². The fourth-order valence-corrected chi connectivity index (χ4v) is 7.23. The lowest BCUT2D eigenvalue weighted by Crippen LogP contribution is -2.37. The first-order chi connectivity index (χ1) is 31.0. The van der Waals surface area contributed by atoms with Gasteiger partial charge in [0.2, 0.25) is 0 Å². The molecule has 0 fully saturated rings. The first-order valence-corrected chi connectivity index (χ1v) is 26.8. The van der Waals surface area contributed by atoms with Crippen LogP contribution < -0.4 is 4.89 Å². The summed E-state index contributed by atoms with van der Waals surface area (Å²) in [6.07, 6.45) is 59.2. The smallest absolute Gasteiger partial charge is 0.306 e. The second-order valence-corrected chi connectivity index (χ2v) is 19.2. The number of esters is 2. The monoisotopic (exact) mass is 916 g/mol. The molecule has 0 heterocycles. The lowest BCUT2D eigenvalue weighted by atomic mass is 10.0. The summed E-state index contributed by atoms with van der Waals surface area (Å²) in [5.41, 5.74) is 0. The molecule has 2 atom stereocenters. The Morgan fingerprint density at radius 2 is 0.922 bits per heavy atom. The van der Waals surface area contributed by atoms with Crippen molar-refractivity contribution in [1.82, 2.24) is 0 Å². The number of carbonyl (C=O) groups is 2. The third-order valence-electron chi connectivity index (χ3n) is 10.4. The molecule has 0 rings (SSSR count). The molecule has 0 aromatic carbocycles. The molecule has 0 aliphatic carbocycles. The van der Waals surface area contributed by atoms with Gasteiger partial charge in [-0.3, -0.25) is 14.2 Å². The number of unbranched alkanes of at least 4 members (excludes halogenated alkanes) is 17. The highest BCUT2D eigenvalue weighted by Crippen LogP contribution is 2.38. The average molecular weight is 916 g/mol. The van der Waals surface area contributed by atoms with Crippen molar-refractivity contribution in [2.75, 3.05) is 47.5 Å². The molecule has 0 amide bonds. The lowest BCUT2D eigenvalue weighted by Gasteiger charge is -2.28. The molecule has 10 heteroatoms. The third-order valence-corrected chi connectivity index (χ3v) is 11.4. The number of ether oxygens (including phenoxy) is 2. The molecule has 0 saturated heterocycles. The number of hydrogen-bond donors (Lipinski definition) is 0. The van der Waals surface area contributed by atoms with Crippen LogP contribution in [0.15, 0.2) is 85.1 Å². The van der Waals surface area contributed by atoms with Gasteiger partial charge in [-0.1, -0.05) is 189 Å². The quantitative estimate of drug-likeness (QED) is 0.0195. The predicted molar refractivity (Wildman–Crippen MR) is 268 cm³/mol. The molecule has 1 unspecified atom stereocenters. The lowest BCUT2D eigenvalue weighted by molar-refractivity contribution is -0.870. The molecule has 0 aromatic rings. The second kappa shape index (κ2) is 45.4. The molecule has 0 radical (unpaired) electrons. The minimum atomic E-state index is -4.65. The van der Waals surface area contributed by atoms with Gasteiger partial charge in [-0.15, -0.1) is 0 Å². The number of rotatable bonds is 45. The van der Waals surface area contributed by atoms with Gasteiger partial charge in [0.15, 0.2) is 6.10 Å². The van der Waals surface area contributed by atoms with Crippen molar-refractivity contribution in [3.63, 3.8) is 0 Å². The van der Waals surface area contributed by atoms with Crippen LogP contribution in [0.25, 0.3) is 0 Å². The summed E-state index contributed by atoms with van der Waals surface area (Å²) >= 11 is 0. The summed E-state index contributed by atoms with van der Waals surface area (Å²) < 4.78 is 33.9. The molecule has 0 saturated carbocycles. The molecule has 0 aliphatic rings. The standard InChI is InChI=1S/C54H94NO8P/c1-6-8-10-12-14-16-18-20-22-24-26-27-29-31-33-35-37-39-41-43-45-47-54(57)63-52(51-62-64(58,59)61-49-48-55(3,4)5)50-60-53(56)46-44-42-40-38-36-34-32-30-28-25-23-21-19-17-15-13-11-9-7-2/h9,11,15,17,20-23,28,30,34,36,40,42,52H,6-8,10,12-14,16,18-19,24-27,29,31-33,35,37-39,41,43-51H2,1-5H3/b11-9-,17-15-,22-20-,23-21-,30-28-,36-34-,42-40-/t52-/m1/s1. The molecule has 368 valence electrons. The highest BCUT2D eigenvalue weighted by molar-refractivity contribution is 7.45. The van der Waals surface area contributed by atoms with E-state index < -0.39 is 32.5 Å². The Morgan fingerprint density at radius 1 is 0.500 bits per heavy atom. The van der Waals surface area contributed by atoms with Crippen LogP contribution in [-0.2, 0) is 32.7 Å². The number of nitrogens with zero attached hydrogens (tertiary/aromatic N) is 1. The number of likely N-dealkylation sites (N-methyl/N-ethyl adjacent to an activating group) is 1. The van der Waals surface area contributed by atoms with Crippen LogP contribution in [0.5, 0.6) is 0 Å². The zero-order valence-corrected chi connectivity index (χ0v) is 42.3. The Balaban J connectivity index is 4.37. The molecule has 0 aliphatic heterocycles. The summed E-state index contributed by atoms with van der Waals surface area (Å²) in [5.74, 6) is -0.936. The molecular weight excluding hydrogens is 822 g/mol. The first-order valence-electron chi connectivity index (χ1n) is 25.3. The maximum absolute atomic E-state index is 12.7. The van der Waals surface area contributed by atoms with E-state index >= 15 is 0 Å². The van der Waals surface area contributed by atoms with Gasteiger partial charge in [0.1, 0.15) is 19.8 Å². The van der Waals surface area contributed by atoms with E-state index in [0.717, 1.165) is 57.8 Å². The van der Waals surface area contributed by atoms with Crippen LogP contribution in [-0.4, -0.2) is 70.0 Å². The average Bonchev–Trinajstić information content (AvgIpc) is 3.25. The maximum Gasteiger partial charge on any atom is 0.306 e. The van der Waals surface area contributed by atoms with Gasteiger partial charge in [-0.25, -0.2) is 0 Å². The number of hydrogen-bond acceptors (Lipinski definition) is 8. The fraction of sp³-hybridized carbons (Fsp3) is 0.704. The largest absolute Gasteiger partial charge is 0.756 e. The van der Waals surface area contributed by atoms with E-state index in [1.807, 2.05) is 33.3 Å². The molecule has 0 aromatic heterocycles. The molecule has 0 bridgehead atoms. The van der Waals surface area contributed by atoms with E-state index in [2.05, 4.69) is 86.8 Å². The van der Waals surface area contributed by atoms with Crippen molar-refractivity contribution in [2.45, 2.75) is 200 Å². The van der Waals surface area contributed by atoms with Gasteiger partial charge in [0.25, 0.3) is 7.82 Å². The van der Waals surface area contributed by atoms with Crippen LogP contribution in [0.3, 0.4) is 0 Å². The van der Waals surface area contributed by atoms with Crippen LogP contribution >= 0.6 is 7.82 Å². The zero-order chi connectivity index (χ0) is 47.1. The van der Waals surface area contributed by atoms with E-state index in [0.29, 0.717) is 23.9 Å².